The van der Waals surface area contributed by atoms with Crippen LogP contribution in [0.2, 0.25) is 0 Å². The molecule has 0 aromatic heterocycles. The van der Waals surface area contributed by atoms with Crippen LogP contribution in [-0.2, 0) is 6.42 Å². The van der Waals surface area contributed by atoms with Gasteiger partial charge in [0.1, 0.15) is 0 Å². The molecule has 1 unspecified atom stereocenters. The highest BCUT2D eigenvalue weighted by Crippen LogP contribution is 2.10. The van der Waals surface area contributed by atoms with Crippen molar-refractivity contribution in [3.63, 3.8) is 0 Å². The molecule has 1 rings (SSSR count). The maximum Gasteiger partial charge on any atom is 0.0307 e. The van der Waals surface area contributed by atoms with Gasteiger partial charge in [0.05, 0.1) is 0 Å². The molecule has 0 fully saturated rings. The zero-order chi connectivity index (χ0) is 9.52. The van der Waals surface area contributed by atoms with Gasteiger partial charge in [-0.3, -0.25) is 0 Å². The normalized spacial score (nSPS) is 12.8. The van der Waals surface area contributed by atoms with Gasteiger partial charge in [0.15, 0.2) is 0 Å². The van der Waals surface area contributed by atoms with Crippen LogP contribution in [-0.4, -0.2) is 5.38 Å². The Labute approximate surface area is 85.9 Å². The minimum atomic E-state index is 0.329. The fourth-order valence-electron chi connectivity index (χ4n) is 1.40. The van der Waals surface area contributed by atoms with E-state index in [0.717, 1.165) is 6.42 Å². The van der Waals surface area contributed by atoms with Gasteiger partial charge in [-0.2, -0.15) is 0 Å². The summed E-state index contributed by atoms with van der Waals surface area (Å²) in [6.07, 6.45) is 4.81. The van der Waals surface area contributed by atoms with Gasteiger partial charge >= 0.3 is 0 Å². The topological polar surface area (TPSA) is 0 Å². The van der Waals surface area contributed by atoms with Crippen LogP contribution in [0.5, 0.6) is 0 Å². The maximum absolute atomic E-state index is 5.86. The van der Waals surface area contributed by atoms with Gasteiger partial charge in [-0.15, -0.1) is 11.6 Å². The second-order valence-electron chi connectivity index (χ2n) is 3.51. The van der Waals surface area contributed by atoms with Crippen LogP contribution in [0.3, 0.4) is 0 Å². The number of hydrogen-bond donors (Lipinski definition) is 0. The number of benzene rings is 1. The summed E-state index contributed by atoms with van der Waals surface area (Å²) in [5.41, 5.74) is 1.43. The minimum absolute atomic E-state index is 0.329. The van der Waals surface area contributed by atoms with Crippen molar-refractivity contribution >= 4 is 11.6 Å². The predicted molar refractivity (Wildman–Crippen MR) is 59.3 cm³/mol. The van der Waals surface area contributed by atoms with Crippen LogP contribution in [0, 0.1) is 0 Å². The molecular weight excluding hydrogens is 180 g/mol. The van der Waals surface area contributed by atoms with Gasteiger partial charge in [-0.1, -0.05) is 36.8 Å². The highest BCUT2D eigenvalue weighted by atomic mass is 35.5. The first kappa shape index (κ1) is 10.6. The van der Waals surface area contributed by atoms with E-state index >= 15 is 0 Å². The lowest BCUT2D eigenvalue weighted by Crippen LogP contribution is -1.91. The third-order valence-corrected chi connectivity index (χ3v) is 2.38. The average Bonchev–Trinajstić information content (AvgIpc) is 2.14. The minimum Gasteiger partial charge on any atom is -0.123 e. The van der Waals surface area contributed by atoms with Crippen LogP contribution in [0.15, 0.2) is 30.3 Å². The number of alkyl halides is 1. The fourth-order valence-corrected chi connectivity index (χ4v) is 1.55. The van der Waals surface area contributed by atoms with Gasteiger partial charge in [0.2, 0.25) is 0 Å². The molecule has 1 heteroatoms. The number of unbranched alkanes of at least 4 members (excludes halogenated alkanes) is 1. The van der Waals surface area contributed by atoms with E-state index in [0.29, 0.717) is 5.38 Å². The van der Waals surface area contributed by atoms with E-state index in [9.17, 15) is 0 Å². The molecule has 72 valence electrons. The van der Waals surface area contributed by atoms with Crippen molar-refractivity contribution in [2.45, 2.75) is 38.0 Å². The highest BCUT2D eigenvalue weighted by Gasteiger charge is 1.96. The Morgan fingerprint density at radius 2 is 1.85 bits per heavy atom. The molecule has 0 N–H and O–H groups in total. The number of rotatable bonds is 5. The van der Waals surface area contributed by atoms with Crippen LogP contribution < -0.4 is 0 Å². The summed E-state index contributed by atoms with van der Waals surface area (Å²) in [5, 5.41) is 0.329. The smallest absolute Gasteiger partial charge is 0.0307 e. The second kappa shape index (κ2) is 6.04. The Morgan fingerprint density at radius 3 is 2.46 bits per heavy atom. The molecule has 13 heavy (non-hydrogen) atoms. The van der Waals surface area contributed by atoms with Crippen LogP contribution in [0.25, 0.3) is 0 Å². The Hall–Kier alpha value is -0.490. The van der Waals surface area contributed by atoms with E-state index in [2.05, 4.69) is 37.3 Å². The Kier molecular flexibility index (Phi) is 4.92. The molecule has 0 aliphatic heterocycles. The lowest BCUT2D eigenvalue weighted by atomic mass is 10.1. The molecule has 0 nitrogen and oxygen atoms in total. The lowest BCUT2D eigenvalue weighted by Gasteiger charge is -2.02. The quantitative estimate of drug-likeness (QED) is 0.493. The third kappa shape index (κ3) is 4.94. The van der Waals surface area contributed by atoms with E-state index in [4.69, 9.17) is 11.6 Å². The van der Waals surface area contributed by atoms with Crippen molar-refractivity contribution in [1.29, 1.82) is 0 Å². The Bertz CT molecular complexity index is 216. The monoisotopic (exact) mass is 196 g/mol. The van der Waals surface area contributed by atoms with Crippen molar-refractivity contribution in [3.05, 3.63) is 35.9 Å². The van der Waals surface area contributed by atoms with E-state index in [1.54, 1.807) is 0 Å². The summed E-state index contributed by atoms with van der Waals surface area (Å²) in [7, 11) is 0. The summed E-state index contributed by atoms with van der Waals surface area (Å²) in [6.45, 7) is 2.06. The van der Waals surface area contributed by atoms with Crippen molar-refractivity contribution in [3.8, 4) is 0 Å². The lowest BCUT2D eigenvalue weighted by molar-refractivity contribution is 0.671. The zero-order valence-electron chi connectivity index (χ0n) is 8.17. The zero-order valence-corrected chi connectivity index (χ0v) is 8.93. The number of hydrogen-bond acceptors (Lipinski definition) is 0. The molecule has 0 saturated heterocycles. The van der Waals surface area contributed by atoms with Crippen LogP contribution in [0.1, 0.15) is 31.7 Å². The van der Waals surface area contributed by atoms with E-state index in [-0.39, 0.29) is 0 Å². The van der Waals surface area contributed by atoms with Gasteiger partial charge < -0.3 is 0 Å². The summed E-state index contributed by atoms with van der Waals surface area (Å²) >= 11 is 5.86. The fraction of sp³-hybridized carbons (Fsp3) is 0.500. The molecule has 1 aromatic rings. The second-order valence-corrected chi connectivity index (χ2v) is 4.26. The van der Waals surface area contributed by atoms with Gasteiger partial charge in [0.25, 0.3) is 0 Å². The predicted octanol–water partition coefficient (Wildman–Crippen LogP) is 4.03. The molecular formula is C12H17Cl. The van der Waals surface area contributed by atoms with Gasteiger partial charge in [0, 0.05) is 5.38 Å². The summed E-state index contributed by atoms with van der Waals surface area (Å²) in [5.74, 6) is 0. The molecule has 0 aliphatic rings. The van der Waals surface area contributed by atoms with Crippen molar-refractivity contribution < 1.29 is 0 Å². The largest absolute Gasteiger partial charge is 0.123 e. The Morgan fingerprint density at radius 1 is 1.15 bits per heavy atom. The first-order valence-corrected chi connectivity index (χ1v) is 5.40. The van der Waals surface area contributed by atoms with Crippen LogP contribution in [0.4, 0.5) is 0 Å². The highest BCUT2D eigenvalue weighted by molar-refractivity contribution is 6.20. The Balaban J connectivity index is 2.13. The SMILES string of the molecule is CC(Cl)CCCCc1ccccc1. The van der Waals surface area contributed by atoms with Gasteiger partial charge in [-0.05, 0) is 31.7 Å². The number of aryl methyl sites for hydroxylation is 1. The molecule has 1 aromatic carbocycles. The molecule has 1 atom stereocenters. The average molecular weight is 197 g/mol. The van der Waals surface area contributed by atoms with E-state index < -0.39 is 0 Å². The van der Waals surface area contributed by atoms with Crippen LogP contribution >= 0.6 is 11.6 Å². The molecule has 0 radical (unpaired) electrons. The van der Waals surface area contributed by atoms with E-state index in [1.807, 2.05) is 0 Å². The van der Waals surface area contributed by atoms with E-state index in [1.165, 1.54) is 24.8 Å². The molecule has 0 bridgehead atoms. The maximum atomic E-state index is 5.86. The third-order valence-electron chi connectivity index (χ3n) is 2.16. The molecule has 0 heterocycles. The standard InChI is InChI=1S/C12H17Cl/c1-11(13)7-5-6-10-12-8-3-2-4-9-12/h2-4,8-9,11H,5-7,10H2,1H3. The number of halogens is 1. The van der Waals surface area contributed by atoms with Crippen molar-refractivity contribution in [2.24, 2.45) is 0 Å². The molecule has 0 saturated carbocycles. The first-order chi connectivity index (χ1) is 6.29. The summed E-state index contributed by atoms with van der Waals surface area (Å²) in [4.78, 5) is 0. The van der Waals surface area contributed by atoms with Gasteiger partial charge in [-0.25, -0.2) is 0 Å². The van der Waals surface area contributed by atoms with Crippen molar-refractivity contribution in [1.82, 2.24) is 0 Å². The molecule has 0 spiro atoms. The van der Waals surface area contributed by atoms with Crippen molar-refractivity contribution in [2.75, 3.05) is 0 Å². The summed E-state index contributed by atoms with van der Waals surface area (Å²) in [6, 6.07) is 10.6. The summed E-state index contributed by atoms with van der Waals surface area (Å²) < 4.78 is 0. The molecule has 0 aliphatic carbocycles. The first-order valence-electron chi connectivity index (χ1n) is 4.97. The molecule has 0 amide bonds.